The SMILES string of the molecule is COCc1cc(C)nc2c1C(=O)N[C@@H](c1ccc([N+](=O)[O-])cc1)N2c1ccc(F)cc1. The van der Waals surface area contributed by atoms with Crippen LogP contribution in [0.15, 0.2) is 54.6 Å². The van der Waals surface area contributed by atoms with Crippen LogP contribution < -0.4 is 10.2 Å². The number of nitrogens with one attached hydrogen (secondary N) is 1. The van der Waals surface area contributed by atoms with Crippen LogP contribution >= 0.6 is 0 Å². The average molecular weight is 422 g/mol. The lowest BCUT2D eigenvalue weighted by molar-refractivity contribution is -0.384. The molecule has 4 rings (SSSR count). The number of non-ortho nitro benzene ring substituents is 1. The third-order valence-electron chi connectivity index (χ3n) is 5.02. The van der Waals surface area contributed by atoms with Crippen LogP contribution in [0.5, 0.6) is 0 Å². The topological polar surface area (TPSA) is 97.6 Å². The number of carbonyl (C=O) groups excluding carboxylic acids is 1. The van der Waals surface area contributed by atoms with Crippen LogP contribution in [0.3, 0.4) is 0 Å². The monoisotopic (exact) mass is 422 g/mol. The van der Waals surface area contributed by atoms with Gasteiger partial charge in [0.1, 0.15) is 17.8 Å². The molecule has 2 heterocycles. The van der Waals surface area contributed by atoms with Gasteiger partial charge in [-0.1, -0.05) is 0 Å². The number of ether oxygens (including phenoxy) is 1. The van der Waals surface area contributed by atoms with Gasteiger partial charge < -0.3 is 15.0 Å². The second-order valence-corrected chi connectivity index (χ2v) is 7.13. The Morgan fingerprint density at radius 1 is 1.19 bits per heavy atom. The quantitative estimate of drug-likeness (QED) is 0.490. The van der Waals surface area contributed by atoms with Gasteiger partial charge >= 0.3 is 0 Å². The van der Waals surface area contributed by atoms with Gasteiger partial charge in [-0.3, -0.25) is 14.9 Å². The number of nitro benzene ring substituents is 1. The molecule has 158 valence electrons. The molecule has 1 N–H and O–H groups in total. The van der Waals surface area contributed by atoms with Crippen LogP contribution in [0.2, 0.25) is 0 Å². The normalized spacial score (nSPS) is 15.4. The summed E-state index contributed by atoms with van der Waals surface area (Å²) in [5.74, 6) is -0.323. The highest BCUT2D eigenvalue weighted by molar-refractivity contribution is 6.03. The number of aryl methyl sites for hydroxylation is 1. The lowest BCUT2D eigenvalue weighted by Crippen LogP contribution is -2.45. The van der Waals surface area contributed by atoms with Crippen molar-refractivity contribution >= 4 is 23.1 Å². The maximum atomic E-state index is 13.6. The van der Waals surface area contributed by atoms with E-state index in [0.717, 1.165) is 0 Å². The molecule has 1 amide bonds. The van der Waals surface area contributed by atoms with Crippen molar-refractivity contribution in [2.45, 2.75) is 19.7 Å². The number of nitro groups is 1. The smallest absolute Gasteiger partial charge is 0.269 e. The number of nitrogens with zero attached hydrogens (tertiary/aromatic N) is 3. The first-order valence-electron chi connectivity index (χ1n) is 9.48. The van der Waals surface area contributed by atoms with E-state index in [1.54, 1.807) is 42.3 Å². The van der Waals surface area contributed by atoms with Crippen LogP contribution in [0.1, 0.15) is 33.3 Å². The van der Waals surface area contributed by atoms with Crippen molar-refractivity contribution < 1.29 is 18.8 Å². The Morgan fingerprint density at radius 3 is 2.48 bits per heavy atom. The van der Waals surface area contributed by atoms with Crippen molar-refractivity contribution in [2.75, 3.05) is 12.0 Å². The zero-order valence-electron chi connectivity index (χ0n) is 16.8. The Bertz CT molecular complexity index is 1150. The number of fused-ring (bicyclic) bond motifs is 1. The number of halogens is 1. The highest BCUT2D eigenvalue weighted by Crippen LogP contribution is 2.40. The molecule has 31 heavy (non-hydrogen) atoms. The molecule has 0 fully saturated rings. The van der Waals surface area contributed by atoms with Gasteiger partial charge in [-0.15, -0.1) is 0 Å². The number of benzene rings is 2. The van der Waals surface area contributed by atoms with E-state index >= 15 is 0 Å². The van der Waals surface area contributed by atoms with Crippen LogP contribution in [-0.4, -0.2) is 22.9 Å². The van der Waals surface area contributed by atoms with E-state index in [-0.39, 0.29) is 18.2 Å². The fraction of sp³-hybridized carbons (Fsp3) is 0.182. The molecule has 0 spiro atoms. The summed E-state index contributed by atoms with van der Waals surface area (Å²) in [5, 5.41) is 14.0. The molecule has 0 radical (unpaired) electrons. The van der Waals surface area contributed by atoms with Gasteiger partial charge in [-0.2, -0.15) is 0 Å². The molecule has 0 saturated carbocycles. The van der Waals surface area contributed by atoms with E-state index in [2.05, 4.69) is 10.3 Å². The van der Waals surface area contributed by atoms with Crippen LogP contribution in [-0.2, 0) is 11.3 Å². The summed E-state index contributed by atoms with van der Waals surface area (Å²) in [6.45, 7) is 2.04. The Hall–Kier alpha value is -3.85. The molecule has 1 aliphatic heterocycles. The number of methoxy groups -OCH3 is 1. The van der Waals surface area contributed by atoms with E-state index in [4.69, 9.17) is 4.74 Å². The molecule has 1 atom stereocenters. The standard InChI is InChI=1S/C22H19FN4O4/c1-13-11-15(12-31-2)19-21(24-13)26(17-9-5-16(23)6-10-17)20(25-22(19)28)14-3-7-18(8-4-14)27(29)30/h3-11,20H,12H2,1-2H3,(H,25,28)/t20-/m1/s1. The van der Waals surface area contributed by atoms with Gasteiger partial charge in [0.25, 0.3) is 11.6 Å². The molecule has 8 nitrogen and oxygen atoms in total. The molecular weight excluding hydrogens is 403 g/mol. The van der Waals surface area contributed by atoms with Crippen LogP contribution in [0.4, 0.5) is 21.6 Å². The van der Waals surface area contributed by atoms with E-state index in [1.807, 2.05) is 6.92 Å². The van der Waals surface area contributed by atoms with Crippen LogP contribution in [0.25, 0.3) is 0 Å². The lowest BCUT2D eigenvalue weighted by atomic mass is 10.0. The van der Waals surface area contributed by atoms with E-state index < -0.39 is 16.9 Å². The lowest BCUT2D eigenvalue weighted by Gasteiger charge is -2.39. The molecule has 1 aromatic heterocycles. The van der Waals surface area contributed by atoms with Crippen molar-refractivity contribution in [1.82, 2.24) is 10.3 Å². The molecular formula is C22H19FN4O4. The first kappa shape index (κ1) is 20.4. The third kappa shape index (κ3) is 3.82. The largest absolute Gasteiger partial charge is 0.380 e. The summed E-state index contributed by atoms with van der Waals surface area (Å²) in [6.07, 6.45) is -0.698. The van der Waals surface area contributed by atoms with Gasteiger partial charge in [0.05, 0.1) is 17.1 Å². The minimum absolute atomic E-state index is 0.0593. The highest BCUT2D eigenvalue weighted by atomic mass is 19.1. The maximum absolute atomic E-state index is 13.6. The minimum atomic E-state index is -0.698. The number of carbonyl (C=O) groups is 1. The van der Waals surface area contributed by atoms with Crippen molar-refractivity contribution in [1.29, 1.82) is 0 Å². The number of hydrogen-bond donors (Lipinski definition) is 1. The number of anilines is 2. The van der Waals surface area contributed by atoms with Crippen molar-refractivity contribution in [2.24, 2.45) is 0 Å². The number of amides is 1. The Morgan fingerprint density at radius 2 is 1.87 bits per heavy atom. The number of hydrogen-bond acceptors (Lipinski definition) is 6. The highest BCUT2D eigenvalue weighted by Gasteiger charge is 2.36. The van der Waals surface area contributed by atoms with Crippen molar-refractivity contribution in [3.8, 4) is 0 Å². The Balaban J connectivity index is 1.91. The first-order valence-corrected chi connectivity index (χ1v) is 9.48. The number of pyridine rings is 1. The van der Waals surface area contributed by atoms with E-state index in [9.17, 15) is 19.3 Å². The number of aromatic nitrogens is 1. The maximum Gasteiger partial charge on any atom is 0.269 e. The summed E-state index contributed by atoms with van der Waals surface area (Å²) in [7, 11) is 1.54. The second kappa shape index (κ2) is 8.11. The summed E-state index contributed by atoms with van der Waals surface area (Å²) >= 11 is 0. The van der Waals surface area contributed by atoms with Crippen LogP contribution in [0, 0.1) is 22.9 Å². The first-order chi connectivity index (χ1) is 14.9. The molecule has 1 aliphatic rings. The third-order valence-corrected chi connectivity index (χ3v) is 5.02. The molecule has 9 heteroatoms. The predicted octanol–water partition coefficient (Wildman–Crippen LogP) is 4.16. The average Bonchev–Trinajstić information content (AvgIpc) is 2.74. The zero-order chi connectivity index (χ0) is 22.1. The zero-order valence-corrected chi connectivity index (χ0v) is 16.8. The van der Waals surface area contributed by atoms with Gasteiger partial charge in [-0.25, -0.2) is 9.37 Å². The van der Waals surface area contributed by atoms with Crippen molar-refractivity contribution in [3.05, 3.63) is 92.9 Å². The van der Waals surface area contributed by atoms with Gasteiger partial charge in [-0.05, 0) is 60.5 Å². The summed E-state index contributed by atoms with van der Waals surface area (Å²) in [6, 6.07) is 13.5. The minimum Gasteiger partial charge on any atom is -0.380 e. The Labute approximate surface area is 177 Å². The molecule has 2 aromatic carbocycles. The fourth-order valence-electron chi connectivity index (χ4n) is 3.68. The molecule has 0 bridgehead atoms. The van der Waals surface area contributed by atoms with E-state index in [0.29, 0.717) is 33.9 Å². The molecule has 3 aromatic rings. The summed E-state index contributed by atoms with van der Waals surface area (Å²) in [5.41, 5.74) is 2.90. The fourth-order valence-corrected chi connectivity index (χ4v) is 3.68. The van der Waals surface area contributed by atoms with Crippen molar-refractivity contribution in [3.63, 3.8) is 0 Å². The summed E-state index contributed by atoms with van der Waals surface area (Å²) in [4.78, 5) is 30.0. The molecule has 0 unspecified atom stereocenters. The predicted molar refractivity (Wildman–Crippen MR) is 112 cm³/mol. The molecule has 0 aliphatic carbocycles. The summed E-state index contributed by atoms with van der Waals surface area (Å²) < 4.78 is 18.9. The Kier molecular flexibility index (Phi) is 5.35. The van der Waals surface area contributed by atoms with Gasteiger partial charge in [0.2, 0.25) is 0 Å². The van der Waals surface area contributed by atoms with Gasteiger partial charge in [0.15, 0.2) is 0 Å². The van der Waals surface area contributed by atoms with E-state index in [1.165, 1.54) is 24.3 Å². The molecule has 0 saturated heterocycles. The second-order valence-electron chi connectivity index (χ2n) is 7.13. The van der Waals surface area contributed by atoms with Gasteiger partial charge in [0, 0.05) is 30.6 Å². The number of rotatable bonds is 5.